The second-order valence-corrected chi connectivity index (χ2v) is 4.70. The van der Waals surface area contributed by atoms with Gasteiger partial charge in [-0.2, -0.15) is 0 Å². The van der Waals surface area contributed by atoms with E-state index in [1.165, 1.54) is 18.5 Å². The molecule has 1 N–H and O–H groups in total. The van der Waals surface area contributed by atoms with Crippen LogP contribution < -0.4 is 5.32 Å². The van der Waals surface area contributed by atoms with Gasteiger partial charge in [-0.1, -0.05) is 22.0 Å². The highest BCUT2D eigenvalue weighted by atomic mass is 79.9. The van der Waals surface area contributed by atoms with E-state index in [2.05, 4.69) is 46.4 Å². The molecule has 1 aromatic rings. The zero-order chi connectivity index (χ0) is 9.26. The second kappa shape index (κ2) is 3.70. The Morgan fingerprint density at radius 3 is 2.85 bits per heavy atom. The number of hydrogen-bond acceptors (Lipinski definition) is 1. The Bertz CT molecular complexity index is 294. The average Bonchev–Trinajstić information content (AvgIpc) is 2.85. The minimum absolute atomic E-state index is 0.620. The van der Waals surface area contributed by atoms with Crippen molar-refractivity contribution in [1.29, 1.82) is 0 Å². The van der Waals surface area contributed by atoms with Crippen molar-refractivity contribution in [2.24, 2.45) is 5.92 Å². The van der Waals surface area contributed by atoms with Gasteiger partial charge in [-0.3, -0.25) is 0 Å². The number of hydrogen-bond donors (Lipinski definition) is 1. The summed E-state index contributed by atoms with van der Waals surface area (Å²) in [6.07, 6.45) is 2.78. The van der Waals surface area contributed by atoms with E-state index < -0.39 is 0 Å². The molecule has 1 saturated carbocycles. The number of anilines is 1. The van der Waals surface area contributed by atoms with E-state index in [0.29, 0.717) is 6.04 Å². The van der Waals surface area contributed by atoms with E-state index >= 15 is 0 Å². The maximum Gasteiger partial charge on any atom is 0.0353 e. The largest absolute Gasteiger partial charge is 0.382 e. The van der Waals surface area contributed by atoms with Gasteiger partial charge in [0.25, 0.3) is 0 Å². The molecule has 0 heterocycles. The Morgan fingerprint density at radius 1 is 1.46 bits per heavy atom. The van der Waals surface area contributed by atoms with Crippen LogP contribution in [0.25, 0.3) is 0 Å². The van der Waals surface area contributed by atoms with Crippen LogP contribution in [-0.2, 0) is 0 Å². The summed E-state index contributed by atoms with van der Waals surface area (Å²) in [7, 11) is 0. The Morgan fingerprint density at radius 2 is 2.23 bits per heavy atom. The van der Waals surface area contributed by atoms with Gasteiger partial charge in [-0.15, -0.1) is 0 Å². The molecule has 13 heavy (non-hydrogen) atoms. The van der Waals surface area contributed by atoms with Crippen molar-refractivity contribution in [1.82, 2.24) is 0 Å². The summed E-state index contributed by atoms with van der Waals surface area (Å²) in [5, 5.41) is 3.51. The Hall–Kier alpha value is -0.500. The van der Waals surface area contributed by atoms with Crippen molar-refractivity contribution in [2.75, 3.05) is 5.32 Å². The van der Waals surface area contributed by atoms with Gasteiger partial charge in [0.1, 0.15) is 0 Å². The molecule has 1 aliphatic carbocycles. The monoisotopic (exact) mass is 239 g/mol. The highest BCUT2D eigenvalue weighted by molar-refractivity contribution is 9.10. The molecule has 0 aliphatic heterocycles. The minimum atomic E-state index is 0.620. The summed E-state index contributed by atoms with van der Waals surface area (Å²) in [6.45, 7) is 2.26. The highest BCUT2D eigenvalue weighted by Crippen LogP contribution is 2.34. The molecule has 1 atom stereocenters. The van der Waals surface area contributed by atoms with Crippen LogP contribution in [0.4, 0.5) is 5.69 Å². The molecule has 0 unspecified atom stereocenters. The molecule has 0 spiro atoms. The van der Waals surface area contributed by atoms with Crippen LogP contribution in [0.1, 0.15) is 19.8 Å². The first-order valence-electron chi connectivity index (χ1n) is 4.78. The van der Waals surface area contributed by atoms with Gasteiger partial charge in [-0.05, 0) is 43.9 Å². The fraction of sp³-hybridized carbons (Fsp3) is 0.455. The first-order valence-corrected chi connectivity index (χ1v) is 5.57. The van der Waals surface area contributed by atoms with E-state index in [9.17, 15) is 0 Å². The van der Waals surface area contributed by atoms with Gasteiger partial charge >= 0.3 is 0 Å². The molecule has 0 radical (unpaired) electrons. The summed E-state index contributed by atoms with van der Waals surface area (Å²) in [5.74, 6) is 0.902. The quantitative estimate of drug-likeness (QED) is 0.850. The van der Waals surface area contributed by atoms with Gasteiger partial charge in [0.15, 0.2) is 0 Å². The summed E-state index contributed by atoms with van der Waals surface area (Å²) < 4.78 is 1.14. The molecule has 1 nitrogen and oxygen atoms in total. The SMILES string of the molecule is C[C@H](Nc1cccc(Br)c1)C1CC1. The van der Waals surface area contributed by atoms with Crippen molar-refractivity contribution >= 4 is 21.6 Å². The van der Waals surface area contributed by atoms with Crippen LogP contribution in [0.15, 0.2) is 28.7 Å². The standard InChI is InChI=1S/C11H14BrN/c1-8(9-5-6-9)13-11-4-2-3-10(12)7-11/h2-4,7-9,13H,5-6H2,1H3/t8-/m0/s1. The molecule has 2 heteroatoms. The Kier molecular flexibility index (Phi) is 2.58. The maximum absolute atomic E-state index is 3.51. The third-order valence-corrected chi connectivity index (χ3v) is 3.04. The predicted octanol–water partition coefficient (Wildman–Crippen LogP) is 3.66. The highest BCUT2D eigenvalue weighted by Gasteiger charge is 2.27. The molecule has 0 amide bonds. The van der Waals surface area contributed by atoms with Crippen LogP contribution in [0.3, 0.4) is 0 Å². The molecule has 2 rings (SSSR count). The number of halogens is 1. The number of nitrogens with one attached hydrogen (secondary N) is 1. The maximum atomic E-state index is 3.51. The predicted molar refractivity (Wildman–Crippen MR) is 60.0 cm³/mol. The molecule has 0 bridgehead atoms. The molecular weight excluding hydrogens is 226 g/mol. The van der Waals surface area contributed by atoms with Crippen molar-refractivity contribution in [2.45, 2.75) is 25.8 Å². The van der Waals surface area contributed by atoms with E-state index in [1.54, 1.807) is 0 Å². The summed E-state index contributed by atoms with van der Waals surface area (Å²) in [6, 6.07) is 8.97. The third kappa shape index (κ3) is 2.47. The first-order chi connectivity index (χ1) is 6.25. The van der Waals surface area contributed by atoms with Gasteiger partial charge in [0, 0.05) is 16.2 Å². The van der Waals surface area contributed by atoms with E-state index in [-0.39, 0.29) is 0 Å². The summed E-state index contributed by atoms with van der Waals surface area (Å²) in [4.78, 5) is 0. The first kappa shape index (κ1) is 9.07. The lowest BCUT2D eigenvalue weighted by molar-refractivity contribution is 0.694. The second-order valence-electron chi connectivity index (χ2n) is 3.78. The minimum Gasteiger partial charge on any atom is -0.382 e. The molecule has 0 saturated heterocycles. The van der Waals surface area contributed by atoms with Gasteiger partial charge in [0.2, 0.25) is 0 Å². The van der Waals surface area contributed by atoms with Gasteiger partial charge in [-0.25, -0.2) is 0 Å². The lowest BCUT2D eigenvalue weighted by Gasteiger charge is -2.14. The number of benzene rings is 1. The van der Waals surface area contributed by atoms with Crippen molar-refractivity contribution in [3.8, 4) is 0 Å². The van der Waals surface area contributed by atoms with Crippen molar-refractivity contribution in [3.05, 3.63) is 28.7 Å². The molecular formula is C11H14BrN. The van der Waals surface area contributed by atoms with Crippen molar-refractivity contribution in [3.63, 3.8) is 0 Å². The molecule has 1 aliphatic rings. The van der Waals surface area contributed by atoms with Crippen LogP contribution in [0.5, 0.6) is 0 Å². The van der Waals surface area contributed by atoms with Crippen LogP contribution in [0.2, 0.25) is 0 Å². The lowest BCUT2D eigenvalue weighted by atomic mass is 10.2. The van der Waals surface area contributed by atoms with E-state index in [0.717, 1.165) is 10.4 Å². The van der Waals surface area contributed by atoms with Crippen LogP contribution >= 0.6 is 15.9 Å². The normalized spacial score (nSPS) is 18.3. The zero-order valence-electron chi connectivity index (χ0n) is 7.76. The smallest absolute Gasteiger partial charge is 0.0353 e. The average molecular weight is 240 g/mol. The molecule has 1 fully saturated rings. The Balaban J connectivity index is 2.00. The van der Waals surface area contributed by atoms with E-state index in [4.69, 9.17) is 0 Å². The molecule has 0 aromatic heterocycles. The topological polar surface area (TPSA) is 12.0 Å². The van der Waals surface area contributed by atoms with Gasteiger partial charge in [0.05, 0.1) is 0 Å². The lowest BCUT2D eigenvalue weighted by Crippen LogP contribution is -2.16. The number of rotatable bonds is 3. The van der Waals surface area contributed by atoms with Crippen LogP contribution in [-0.4, -0.2) is 6.04 Å². The fourth-order valence-electron chi connectivity index (χ4n) is 1.56. The summed E-state index contributed by atoms with van der Waals surface area (Å²) in [5.41, 5.74) is 1.22. The zero-order valence-corrected chi connectivity index (χ0v) is 9.34. The van der Waals surface area contributed by atoms with Crippen molar-refractivity contribution < 1.29 is 0 Å². The third-order valence-electron chi connectivity index (χ3n) is 2.55. The summed E-state index contributed by atoms with van der Waals surface area (Å²) >= 11 is 3.46. The van der Waals surface area contributed by atoms with Gasteiger partial charge < -0.3 is 5.32 Å². The fourth-order valence-corrected chi connectivity index (χ4v) is 1.95. The molecule has 70 valence electrons. The van der Waals surface area contributed by atoms with E-state index in [1.807, 2.05) is 6.07 Å². The molecule has 1 aromatic carbocycles. The van der Waals surface area contributed by atoms with Crippen LogP contribution in [0, 0.1) is 5.92 Å². The Labute approximate surface area is 87.7 Å².